The molecule has 6 heteroatoms. The third-order valence-electron chi connectivity index (χ3n) is 2.66. The number of halogens is 1. The maximum Gasteiger partial charge on any atom is 0.224 e. The number of guanidine groups is 1. The Kier molecular flexibility index (Phi) is 7.56. The van der Waals surface area contributed by atoms with Gasteiger partial charge in [0.1, 0.15) is 5.82 Å². The van der Waals surface area contributed by atoms with Crippen molar-refractivity contribution in [2.75, 3.05) is 26.7 Å². The van der Waals surface area contributed by atoms with E-state index in [2.05, 4.69) is 27.5 Å². The summed E-state index contributed by atoms with van der Waals surface area (Å²) in [6, 6.07) is 5.90. The monoisotopic (exact) mass is 292 g/mol. The van der Waals surface area contributed by atoms with Crippen LogP contribution in [0.15, 0.2) is 41.9 Å². The molecular weight excluding hydrogens is 271 g/mol. The Labute approximate surface area is 124 Å². The molecule has 5 nitrogen and oxygen atoms in total. The molecule has 1 aromatic rings. The number of rotatable bonds is 7. The van der Waals surface area contributed by atoms with Crippen molar-refractivity contribution in [2.24, 2.45) is 4.99 Å². The summed E-state index contributed by atoms with van der Waals surface area (Å²) in [6.07, 6.45) is 1.97. The summed E-state index contributed by atoms with van der Waals surface area (Å²) < 4.78 is 12.7. The maximum absolute atomic E-state index is 12.7. The lowest BCUT2D eigenvalue weighted by atomic mass is 10.1. The Hall–Kier alpha value is -2.37. The zero-order valence-corrected chi connectivity index (χ0v) is 12.2. The lowest BCUT2D eigenvalue weighted by Gasteiger charge is -2.11. The average molecular weight is 292 g/mol. The van der Waals surface area contributed by atoms with E-state index in [1.165, 1.54) is 12.1 Å². The summed E-state index contributed by atoms with van der Waals surface area (Å²) in [5, 5.41) is 8.87. The zero-order valence-electron chi connectivity index (χ0n) is 12.2. The number of aliphatic imine (C=N–C) groups is 1. The molecule has 0 aliphatic heterocycles. The smallest absolute Gasteiger partial charge is 0.224 e. The second kappa shape index (κ2) is 9.52. The number of amides is 1. The molecule has 0 aliphatic carbocycles. The number of hydrogen-bond donors (Lipinski definition) is 3. The minimum atomic E-state index is -0.304. The van der Waals surface area contributed by atoms with Gasteiger partial charge in [0.25, 0.3) is 0 Å². The summed E-state index contributed by atoms with van der Waals surface area (Å²) in [6.45, 7) is 5.27. The first-order valence-electron chi connectivity index (χ1n) is 6.72. The Morgan fingerprint density at radius 3 is 2.52 bits per heavy atom. The van der Waals surface area contributed by atoms with E-state index in [1.54, 1.807) is 25.3 Å². The molecule has 0 spiro atoms. The third kappa shape index (κ3) is 7.10. The van der Waals surface area contributed by atoms with E-state index in [4.69, 9.17) is 0 Å². The van der Waals surface area contributed by atoms with Crippen LogP contribution in [0.25, 0.3) is 0 Å². The molecular formula is C15H21FN4O. The van der Waals surface area contributed by atoms with Gasteiger partial charge in [-0.3, -0.25) is 9.79 Å². The first kappa shape index (κ1) is 16.7. The van der Waals surface area contributed by atoms with E-state index in [0.717, 1.165) is 5.56 Å². The molecule has 1 aromatic carbocycles. The number of benzene rings is 1. The first-order chi connectivity index (χ1) is 10.2. The molecule has 0 fully saturated rings. The predicted molar refractivity (Wildman–Crippen MR) is 82.7 cm³/mol. The number of carbonyl (C=O) groups excluding carboxylic acids is 1. The zero-order chi connectivity index (χ0) is 15.5. The van der Waals surface area contributed by atoms with E-state index in [9.17, 15) is 9.18 Å². The fourth-order valence-corrected chi connectivity index (χ4v) is 1.62. The van der Waals surface area contributed by atoms with Crippen molar-refractivity contribution in [3.05, 3.63) is 48.3 Å². The van der Waals surface area contributed by atoms with E-state index < -0.39 is 0 Å². The Balaban J connectivity index is 2.21. The molecule has 0 heterocycles. The number of hydrogen-bond acceptors (Lipinski definition) is 2. The standard InChI is InChI=1S/C15H21FN4O/c1-3-8-19-15(17-2)20-10-9-18-14(21)11-12-4-6-13(16)7-5-12/h3-7H,1,8-11H2,2H3,(H,18,21)(H2,17,19,20). The fourth-order valence-electron chi connectivity index (χ4n) is 1.62. The van der Waals surface area contributed by atoms with Crippen molar-refractivity contribution >= 4 is 11.9 Å². The van der Waals surface area contributed by atoms with Gasteiger partial charge in [-0.05, 0) is 17.7 Å². The highest BCUT2D eigenvalue weighted by Crippen LogP contribution is 2.03. The van der Waals surface area contributed by atoms with Crippen molar-refractivity contribution in [1.82, 2.24) is 16.0 Å². The topological polar surface area (TPSA) is 65.5 Å². The minimum Gasteiger partial charge on any atom is -0.355 e. The summed E-state index contributed by atoms with van der Waals surface area (Å²) in [7, 11) is 1.67. The van der Waals surface area contributed by atoms with Crippen molar-refractivity contribution < 1.29 is 9.18 Å². The van der Waals surface area contributed by atoms with Gasteiger partial charge in [0.15, 0.2) is 5.96 Å². The molecule has 0 bridgehead atoms. The van der Waals surface area contributed by atoms with Crippen molar-refractivity contribution in [3.63, 3.8) is 0 Å². The molecule has 0 aliphatic rings. The maximum atomic E-state index is 12.7. The van der Waals surface area contributed by atoms with E-state index in [1.807, 2.05) is 0 Å². The van der Waals surface area contributed by atoms with Gasteiger partial charge < -0.3 is 16.0 Å². The SMILES string of the molecule is C=CCNC(=NC)NCCNC(=O)Cc1ccc(F)cc1. The van der Waals surface area contributed by atoms with Crippen LogP contribution in [0.2, 0.25) is 0 Å². The average Bonchev–Trinajstić information content (AvgIpc) is 2.49. The Morgan fingerprint density at radius 2 is 1.90 bits per heavy atom. The number of nitrogens with one attached hydrogen (secondary N) is 3. The molecule has 3 N–H and O–H groups in total. The lowest BCUT2D eigenvalue weighted by molar-refractivity contribution is -0.120. The Bertz CT molecular complexity index is 485. The molecule has 0 saturated carbocycles. The number of nitrogens with zero attached hydrogens (tertiary/aromatic N) is 1. The van der Waals surface area contributed by atoms with Crippen molar-refractivity contribution in [3.8, 4) is 0 Å². The van der Waals surface area contributed by atoms with E-state index >= 15 is 0 Å². The van der Waals surface area contributed by atoms with Crippen LogP contribution in [-0.2, 0) is 11.2 Å². The molecule has 1 amide bonds. The third-order valence-corrected chi connectivity index (χ3v) is 2.66. The van der Waals surface area contributed by atoms with Crippen LogP contribution in [0.4, 0.5) is 4.39 Å². The van der Waals surface area contributed by atoms with Crippen molar-refractivity contribution in [1.29, 1.82) is 0 Å². The summed E-state index contributed by atoms with van der Waals surface area (Å²) in [5.74, 6) is 0.252. The second-order valence-electron chi connectivity index (χ2n) is 4.32. The van der Waals surface area contributed by atoms with Gasteiger partial charge in [-0.1, -0.05) is 18.2 Å². The highest BCUT2D eigenvalue weighted by atomic mass is 19.1. The van der Waals surface area contributed by atoms with Gasteiger partial charge in [-0.15, -0.1) is 6.58 Å². The predicted octanol–water partition coefficient (Wildman–Crippen LogP) is 0.835. The van der Waals surface area contributed by atoms with Gasteiger partial charge in [-0.25, -0.2) is 4.39 Å². The van der Waals surface area contributed by atoms with Crippen molar-refractivity contribution in [2.45, 2.75) is 6.42 Å². The number of carbonyl (C=O) groups is 1. The molecule has 114 valence electrons. The second-order valence-corrected chi connectivity index (χ2v) is 4.32. The van der Waals surface area contributed by atoms with E-state index in [-0.39, 0.29) is 18.1 Å². The highest BCUT2D eigenvalue weighted by Gasteiger charge is 2.03. The van der Waals surface area contributed by atoms with Crippen LogP contribution in [0.3, 0.4) is 0 Å². The first-order valence-corrected chi connectivity index (χ1v) is 6.72. The van der Waals surface area contributed by atoms with Gasteiger partial charge in [0, 0.05) is 26.7 Å². The summed E-state index contributed by atoms with van der Waals surface area (Å²) in [4.78, 5) is 15.7. The molecule has 21 heavy (non-hydrogen) atoms. The molecule has 0 saturated heterocycles. The molecule has 0 unspecified atom stereocenters. The van der Waals surface area contributed by atoms with Crippen LogP contribution in [0.1, 0.15) is 5.56 Å². The minimum absolute atomic E-state index is 0.0996. The van der Waals surface area contributed by atoms with Crippen LogP contribution in [0, 0.1) is 5.82 Å². The Morgan fingerprint density at radius 1 is 1.24 bits per heavy atom. The van der Waals surface area contributed by atoms with Gasteiger partial charge in [-0.2, -0.15) is 0 Å². The van der Waals surface area contributed by atoms with Crippen LogP contribution >= 0.6 is 0 Å². The fraction of sp³-hybridized carbons (Fsp3) is 0.333. The lowest BCUT2D eigenvalue weighted by Crippen LogP contribution is -2.41. The van der Waals surface area contributed by atoms with Crippen LogP contribution < -0.4 is 16.0 Å². The molecule has 0 radical (unpaired) electrons. The molecule has 1 rings (SSSR count). The molecule has 0 aromatic heterocycles. The summed E-state index contributed by atoms with van der Waals surface area (Å²) >= 11 is 0. The highest BCUT2D eigenvalue weighted by molar-refractivity contribution is 5.80. The quantitative estimate of drug-likeness (QED) is 0.302. The van der Waals surface area contributed by atoms with E-state index in [0.29, 0.717) is 25.6 Å². The van der Waals surface area contributed by atoms with Gasteiger partial charge >= 0.3 is 0 Å². The normalized spacial score (nSPS) is 10.9. The largest absolute Gasteiger partial charge is 0.355 e. The summed E-state index contributed by atoms with van der Waals surface area (Å²) in [5.41, 5.74) is 0.783. The van der Waals surface area contributed by atoms with Gasteiger partial charge in [0.05, 0.1) is 6.42 Å². The molecule has 0 atom stereocenters. The van der Waals surface area contributed by atoms with Gasteiger partial charge in [0.2, 0.25) is 5.91 Å². The van der Waals surface area contributed by atoms with Crippen LogP contribution in [0.5, 0.6) is 0 Å². The van der Waals surface area contributed by atoms with Crippen LogP contribution in [-0.4, -0.2) is 38.5 Å².